The number of carbonyl (C=O) groups is 2. The summed E-state index contributed by atoms with van der Waals surface area (Å²) in [4.78, 5) is 26.2. The maximum atomic E-state index is 14.3. The van der Waals surface area contributed by atoms with E-state index in [9.17, 15) is 22.4 Å². The van der Waals surface area contributed by atoms with Crippen LogP contribution in [0.4, 0.5) is 10.1 Å². The molecule has 5 rings (SSSR count). The number of rotatable bonds is 13. The molecule has 1 fully saturated rings. The maximum Gasteiger partial charge on any atom is 0.243 e. The van der Waals surface area contributed by atoms with Crippen LogP contribution in [-0.4, -0.2) is 50.8 Å². The summed E-state index contributed by atoms with van der Waals surface area (Å²) in [5.74, 6) is -0.751. The van der Waals surface area contributed by atoms with E-state index < -0.39 is 34.2 Å². The van der Waals surface area contributed by atoms with Crippen LogP contribution >= 0.6 is 0 Å². The van der Waals surface area contributed by atoms with Gasteiger partial charge in [-0.15, -0.1) is 0 Å². The zero-order valence-electron chi connectivity index (χ0n) is 24.2. The number of hydrogen-bond acceptors (Lipinski definition) is 7. The molecule has 1 aliphatic rings. The van der Waals surface area contributed by atoms with Crippen LogP contribution in [0.1, 0.15) is 35.6 Å². The Morgan fingerprint density at radius 2 is 1.82 bits per heavy atom. The van der Waals surface area contributed by atoms with Gasteiger partial charge in [0.25, 0.3) is 0 Å². The molecule has 230 valence electrons. The van der Waals surface area contributed by atoms with Gasteiger partial charge in [-0.1, -0.05) is 24.3 Å². The third-order valence-corrected chi connectivity index (χ3v) is 8.69. The molecule has 0 saturated heterocycles. The van der Waals surface area contributed by atoms with Gasteiger partial charge in [0, 0.05) is 36.0 Å². The second kappa shape index (κ2) is 12.9. The van der Waals surface area contributed by atoms with Gasteiger partial charge in [-0.3, -0.25) is 9.59 Å². The van der Waals surface area contributed by atoms with Crippen molar-refractivity contribution in [3.05, 3.63) is 95.6 Å². The van der Waals surface area contributed by atoms with Crippen molar-refractivity contribution in [2.75, 3.05) is 25.7 Å². The number of anilines is 1. The topological polar surface area (TPSA) is 146 Å². The first kappa shape index (κ1) is 30.7. The number of hydrogen-bond donors (Lipinski definition) is 2. The smallest absolute Gasteiger partial charge is 0.243 e. The van der Waals surface area contributed by atoms with Crippen molar-refractivity contribution >= 4 is 27.5 Å². The molecule has 0 aliphatic heterocycles. The number of halogens is 1. The van der Waals surface area contributed by atoms with Crippen molar-refractivity contribution in [2.45, 2.75) is 36.6 Å². The molecule has 11 nitrogen and oxygen atoms in total. The van der Waals surface area contributed by atoms with Crippen molar-refractivity contribution in [1.29, 1.82) is 0 Å². The number of aromatic nitrogens is 2. The molecular weight excluding hydrogens is 589 g/mol. The first-order chi connectivity index (χ1) is 21.1. The van der Waals surface area contributed by atoms with Crippen LogP contribution in [0.15, 0.2) is 77.8 Å². The van der Waals surface area contributed by atoms with Gasteiger partial charge in [-0.25, -0.2) is 22.2 Å². The largest absolute Gasteiger partial charge is 0.497 e. The minimum absolute atomic E-state index is 0.0888. The Balaban J connectivity index is 1.53. The number of primary amides is 1. The molecule has 1 saturated carbocycles. The first-order valence-corrected chi connectivity index (χ1v) is 15.3. The van der Waals surface area contributed by atoms with Crippen LogP contribution in [-0.2, 0) is 32.6 Å². The van der Waals surface area contributed by atoms with Crippen LogP contribution < -0.4 is 24.8 Å². The van der Waals surface area contributed by atoms with Crippen LogP contribution in [0, 0.1) is 5.82 Å². The Kier molecular flexibility index (Phi) is 8.97. The predicted octanol–water partition coefficient (Wildman–Crippen LogP) is 3.45. The average Bonchev–Trinajstić information content (AvgIpc) is 3.75. The Morgan fingerprint density at radius 1 is 1.05 bits per heavy atom. The Bertz CT molecular complexity index is 1800. The highest BCUT2D eigenvalue weighted by atomic mass is 32.2. The van der Waals surface area contributed by atoms with Crippen LogP contribution in [0.2, 0.25) is 0 Å². The molecule has 0 bridgehead atoms. The highest BCUT2D eigenvalue weighted by Gasteiger charge is 2.29. The molecule has 1 aromatic heterocycles. The number of carbonyl (C=O) groups excluding carboxylic acids is 2. The molecule has 0 unspecified atom stereocenters. The molecule has 3 aromatic carbocycles. The lowest BCUT2D eigenvalue weighted by Gasteiger charge is -2.23. The fraction of sp³-hybridized carbons (Fsp3) is 0.258. The third-order valence-electron chi connectivity index (χ3n) is 7.26. The zero-order valence-corrected chi connectivity index (χ0v) is 25.0. The van der Waals surface area contributed by atoms with E-state index in [1.807, 2.05) is 6.07 Å². The number of sulfonamides is 1. The molecule has 1 aliphatic carbocycles. The normalized spacial score (nSPS) is 13.0. The lowest BCUT2D eigenvalue weighted by Crippen LogP contribution is -2.39. The van der Waals surface area contributed by atoms with Gasteiger partial charge < -0.3 is 20.1 Å². The molecule has 3 N–H and O–H groups in total. The molecular formula is C31H32FN5O6S. The fourth-order valence-electron chi connectivity index (χ4n) is 4.77. The van der Waals surface area contributed by atoms with Crippen molar-refractivity contribution in [3.63, 3.8) is 0 Å². The van der Waals surface area contributed by atoms with Gasteiger partial charge in [-0.05, 0) is 54.8 Å². The van der Waals surface area contributed by atoms with Crippen molar-refractivity contribution < 1.29 is 31.9 Å². The summed E-state index contributed by atoms with van der Waals surface area (Å²) in [6.07, 6.45) is 3.33. The molecule has 0 atom stereocenters. The summed E-state index contributed by atoms with van der Waals surface area (Å²) in [7, 11) is -1.28. The number of benzene rings is 3. The van der Waals surface area contributed by atoms with Gasteiger partial charge in [-0.2, -0.15) is 5.10 Å². The summed E-state index contributed by atoms with van der Waals surface area (Å²) < 4.78 is 56.9. The summed E-state index contributed by atoms with van der Waals surface area (Å²) in [5, 5.41) is 4.60. The zero-order chi connectivity index (χ0) is 31.4. The standard InChI is InChI=1S/C31H32FN5O6S/c1-42-24-11-9-22(28(17-24)43-2)18-34-44(40,41)29-16-23(10-12-27(29)37-14-13-26(35-37)20-7-8-20)36(19-30(33)38)31(39)15-21-5-3-4-6-25(21)32/h3-6,9-14,16-17,20,34H,7-8,15,18-19H2,1-2H3,(H2,33,38). The highest BCUT2D eigenvalue weighted by molar-refractivity contribution is 7.89. The molecule has 44 heavy (non-hydrogen) atoms. The van der Waals surface area contributed by atoms with E-state index in [0.717, 1.165) is 23.4 Å². The molecule has 4 aromatic rings. The van der Waals surface area contributed by atoms with Crippen LogP contribution in [0.3, 0.4) is 0 Å². The fourth-order valence-corrected chi connectivity index (χ4v) is 5.99. The second-order valence-corrected chi connectivity index (χ2v) is 12.1. The molecule has 0 radical (unpaired) electrons. The number of amides is 2. The van der Waals surface area contributed by atoms with E-state index >= 15 is 0 Å². The van der Waals surface area contributed by atoms with Gasteiger partial charge in [0.2, 0.25) is 21.8 Å². The molecule has 0 spiro atoms. The number of methoxy groups -OCH3 is 2. The number of nitrogens with two attached hydrogens (primary N) is 1. The van der Waals surface area contributed by atoms with E-state index in [1.54, 1.807) is 30.5 Å². The van der Waals surface area contributed by atoms with Gasteiger partial charge in [0.15, 0.2) is 0 Å². The van der Waals surface area contributed by atoms with Gasteiger partial charge in [0.05, 0.1) is 32.0 Å². The summed E-state index contributed by atoms with van der Waals surface area (Å²) in [6.45, 7) is -0.668. The Hall–Kier alpha value is -4.75. The Labute approximate surface area is 254 Å². The maximum absolute atomic E-state index is 14.3. The minimum Gasteiger partial charge on any atom is -0.497 e. The third kappa shape index (κ3) is 6.90. The lowest BCUT2D eigenvalue weighted by molar-refractivity contribution is -0.122. The van der Waals surface area contributed by atoms with Gasteiger partial charge in [0.1, 0.15) is 28.8 Å². The van der Waals surface area contributed by atoms with E-state index in [2.05, 4.69) is 9.82 Å². The second-order valence-electron chi connectivity index (χ2n) is 10.3. The lowest BCUT2D eigenvalue weighted by atomic mass is 10.1. The highest BCUT2D eigenvalue weighted by Crippen LogP contribution is 2.39. The number of nitrogens with zero attached hydrogens (tertiary/aromatic N) is 3. The van der Waals surface area contributed by atoms with E-state index in [1.165, 1.54) is 55.3 Å². The molecule has 13 heteroatoms. The van der Waals surface area contributed by atoms with Gasteiger partial charge >= 0.3 is 0 Å². The average molecular weight is 622 g/mol. The molecule has 2 amide bonds. The summed E-state index contributed by atoms with van der Waals surface area (Å²) >= 11 is 0. The van der Waals surface area contributed by atoms with E-state index in [0.29, 0.717) is 23.0 Å². The summed E-state index contributed by atoms with van der Waals surface area (Å²) in [6, 6.07) is 16.9. The Morgan fingerprint density at radius 3 is 2.50 bits per heavy atom. The van der Waals surface area contributed by atoms with Crippen molar-refractivity contribution in [2.24, 2.45) is 5.73 Å². The van der Waals surface area contributed by atoms with Crippen LogP contribution in [0.5, 0.6) is 11.5 Å². The monoisotopic (exact) mass is 621 g/mol. The summed E-state index contributed by atoms with van der Waals surface area (Å²) in [5.41, 5.74) is 7.31. The predicted molar refractivity (Wildman–Crippen MR) is 161 cm³/mol. The van der Waals surface area contributed by atoms with Crippen LogP contribution in [0.25, 0.3) is 5.69 Å². The minimum atomic E-state index is -4.26. The van der Waals surface area contributed by atoms with Crippen molar-refractivity contribution in [1.82, 2.24) is 14.5 Å². The first-order valence-electron chi connectivity index (χ1n) is 13.8. The van der Waals surface area contributed by atoms with Crippen molar-refractivity contribution in [3.8, 4) is 17.2 Å². The quantitative estimate of drug-likeness (QED) is 0.233. The van der Waals surface area contributed by atoms with E-state index in [4.69, 9.17) is 15.2 Å². The SMILES string of the molecule is COc1ccc(CNS(=O)(=O)c2cc(N(CC(N)=O)C(=O)Cc3ccccc3F)ccc2-n2ccc(C3CC3)n2)c(OC)c1. The van der Waals surface area contributed by atoms with E-state index in [-0.39, 0.29) is 34.8 Å². The molecule has 1 heterocycles. The number of ether oxygens (including phenoxy) is 2. The number of nitrogens with one attached hydrogen (secondary N) is 1.